The predicted molar refractivity (Wildman–Crippen MR) is 79.0 cm³/mol. The molecular formula is C16H19FN2O3. The smallest absolute Gasteiger partial charge is 0.267 e. The predicted octanol–water partition coefficient (Wildman–Crippen LogP) is 2.00. The minimum absolute atomic E-state index is 0.0893. The van der Waals surface area contributed by atoms with E-state index < -0.39 is 5.60 Å². The number of amides is 1. The first-order valence-electron chi connectivity index (χ1n) is 7.48. The van der Waals surface area contributed by atoms with Crippen molar-refractivity contribution in [2.24, 2.45) is 5.16 Å². The van der Waals surface area contributed by atoms with Crippen LogP contribution in [0.25, 0.3) is 0 Å². The first kappa shape index (κ1) is 15.0. The number of hydrogen-bond acceptors (Lipinski definition) is 4. The highest BCUT2D eigenvalue weighted by Crippen LogP contribution is 2.27. The Kier molecular flexibility index (Phi) is 4.11. The SMILES string of the molecule is C[C@]1(C(=O)NC[C@@H]2CCCO2)CC(c2ccc(F)cc2)=NO1. The van der Waals surface area contributed by atoms with Crippen LogP contribution in [0.2, 0.25) is 0 Å². The van der Waals surface area contributed by atoms with Gasteiger partial charge in [-0.15, -0.1) is 0 Å². The summed E-state index contributed by atoms with van der Waals surface area (Å²) in [4.78, 5) is 17.7. The highest BCUT2D eigenvalue weighted by atomic mass is 19.1. The number of nitrogens with one attached hydrogen (secondary N) is 1. The summed E-state index contributed by atoms with van der Waals surface area (Å²) in [6, 6.07) is 6.00. The topological polar surface area (TPSA) is 59.9 Å². The molecule has 2 aliphatic rings. The van der Waals surface area contributed by atoms with Crippen LogP contribution in [0.1, 0.15) is 31.7 Å². The fraction of sp³-hybridized carbons (Fsp3) is 0.500. The van der Waals surface area contributed by atoms with Crippen LogP contribution in [-0.2, 0) is 14.4 Å². The number of oxime groups is 1. The quantitative estimate of drug-likeness (QED) is 0.925. The summed E-state index contributed by atoms with van der Waals surface area (Å²) in [6.07, 6.45) is 2.45. The molecule has 1 saturated heterocycles. The number of ether oxygens (including phenoxy) is 1. The van der Waals surface area contributed by atoms with Crippen molar-refractivity contribution in [1.29, 1.82) is 0 Å². The lowest BCUT2D eigenvalue weighted by atomic mass is 9.95. The molecule has 2 heterocycles. The average Bonchev–Trinajstić information content (AvgIpc) is 3.16. The Morgan fingerprint density at radius 3 is 2.91 bits per heavy atom. The zero-order valence-corrected chi connectivity index (χ0v) is 12.5. The Balaban J connectivity index is 1.58. The van der Waals surface area contributed by atoms with E-state index in [1.807, 2.05) is 0 Å². The van der Waals surface area contributed by atoms with Gasteiger partial charge in [-0.05, 0) is 37.5 Å². The van der Waals surface area contributed by atoms with Gasteiger partial charge in [0.25, 0.3) is 5.91 Å². The molecule has 0 unspecified atom stereocenters. The van der Waals surface area contributed by atoms with Crippen molar-refractivity contribution in [3.8, 4) is 0 Å². The van der Waals surface area contributed by atoms with Gasteiger partial charge in [-0.1, -0.05) is 17.3 Å². The summed E-state index contributed by atoms with van der Waals surface area (Å²) in [7, 11) is 0. The van der Waals surface area contributed by atoms with E-state index in [9.17, 15) is 9.18 Å². The van der Waals surface area contributed by atoms with E-state index >= 15 is 0 Å². The zero-order valence-electron chi connectivity index (χ0n) is 12.5. The molecule has 2 aliphatic heterocycles. The largest absolute Gasteiger partial charge is 0.379 e. The molecule has 22 heavy (non-hydrogen) atoms. The summed E-state index contributed by atoms with van der Waals surface area (Å²) in [6.45, 7) is 2.95. The molecule has 5 nitrogen and oxygen atoms in total. The van der Waals surface area contributed by atoms with Gasteiger partial charge >= 0.3 is 0 Å². The van der Waals surface area contributed by atoms with Crippen LogP contribution < -0.4 is 5.32 Å². The number of carbonyl (C=O) groups excluding carboxylic acids is 1. The summed E-state index contributed by atoms with van der Waals surface area (Å²) < 4.78 is 18.4. The van der Waals surface area contributed by atoms with Gasteiger partial charge in [0.1, 0.15) is 5.82 Å². The monoisotopic (exact) mass is 306 g/mol. The van der Waals surface area contributed by atoms with Crippen molar-refractivity contribution in [1.82, 2.24) is 5.32 Å². The van der Waals surface area contributed by atoms with Crippen LogP contribution in [0, 0.1) is 5.82 Å². The van der Waals surface area contributed by atoms with Gasteiger partial charge in [0, 0.05) is 19.6 Å². The number of rotatable bonds is 4. The van der Waals surface area contributed by atoms with Crippen LogP contribution in [-0.4, -0.2) is 36.5 Å². The van der Waals surface area contributed by atoms with E-state index in [0.717, 1.165) is 25.0 Å². The molecular weight excluding hydrogens is 287 g/mol. The Labute approximate surface area is 128 Å². The Morgan fingerprint density at radius 1 is 1.45 bits per heavy atom. The molecule has 0 radical (unpaired) electrons. The van der Waals surface area contributed by atoms with Gasteiger partial charge in [-0.2, -0.15) is 0 Å². The van der Waals surface area contributed by atoms with Gasteiger partial charge in [0.15, 0.2) is 0 Å². The van der Waals surface area contributed by atoms with Crippen molar-refractivity contribution in [2.75, 3.05) is 13.2 Å². The molecule has 0 bridgehead atoms. The third kappa shape index (κ3) is 3.11. The number of carbonyl (C=O) groups is 1. The average molecular weight is 306 g/mol. The third-order valence-electron chi connectivity index (χ3n) is 4.03. The molecule has 1 aromatic carbocycles. The molecule has 0 aromatic heterocycles. The number of halogens is 1. The lowest BCUT2D eigenvalue weighted by Gasteiger charge is -2.21. The second-order valence-corrected chi connectivity index (χ2v) is 5.89. The van der Waals surface area contributed by atoms with Crippen molar-refractivity contribution in [3.63, 3.8) is 0 Å². The van der Waals surface area contributed by atoms with E-state index in [-0.39, 0.29) is 17.8 Å². The van der Waals surface area contributed by atoms with Crippen molar-refractivity contribution >= 4 is 11.6 Å². The maximum Gasteiger partial charge on any atom is 0.267 e. The minimum Gasteiger partial charge on any atom is -0.379 e. The van der Waals surface area contributed by atoms with E-state index in [1.54, 1.807) is 19.1 Å². The van der Waals surface area contributed by atoms with Crippen LogP contribution >= 0.6 is 0 Å². The molecule has 0 spiro atoms. The fourth-order valence-electron chi connectivity index (χ4n) is 2.66. The summed E-state index contributed by atoms with van der Waals surface area (Å²) in [5.74, 6) is -0.510. The second kappa shape index (κ2) is 6.04. The van der Waals surface area contributed by atoms with Crippen molar-refractivity contribution in [2.45, 2.75) is 37.9 Å². The van der Waals surface area contributed by atoms with Gasteiger partial charge in [0.05, 0.1) is 11.8 Å². The van der Waals surface area contributed by atoms with E-state index in [0.29, 0.717) is 18.7 Å². The van der Waals surface area contributed by atoms with Gasteiger partial charge in [-0.25, -0.2) is 4.39 Å². The minimum atomic E-state index is -1.03. The third-order valence-corrected chi connectivity index (χ3v) is 4.03. The second-order valence-electron chi connectivity index (χ2n) is 5.89. The molecule has 0 saturated carbocycles. The highest BCUT2D eigenvalue weighted by Gasteiger charge is 2.42. The van der Waals surface area contributed by atoms with Crippen LogP contribution in [0.3, 0.4) is 0 Å². The summed E-state index contributed by atoms with van der Waals surface area (Å²) >= 11 is 0. The van der Waals surface area contributed by atoms with Crippen LogP contribution in [0.4, 0.5) is 4.39 Å². The van der Waals surface area contributed by atoms with E-state index in [2.05, 4.69) is 10.5 Å². The maximum atomic E-state index is 13.0. The Hall–Kier alpha value is -1.95. The Bertz CT molecular complexity index is 582. The summed E-state index contributed by atoms with van der Waals surface area (Å²) in [5, 5.41) is 6.86. The number of hydrogen-bond donors (Lipinski definition) is 1. The standard InChI is InChI=1S/C16H19FN2O3/c1-16(15(20)18-10-13-3-2-8-21-13)9-14(19-22-16)11-4-6-12(17)7-5-11/h4-7,13H,2-3,8-10H2,1H3,(H,18,20)/t13-,16+/m0/s1. The number of benzene rings is 1. The normalized spacial score (nSPS) is 27.4. The van der Waals surface area contributed by atoms with Gasteiger partial charge in [0.2, 0.25) is 5.60 Å². The zero-order chi connectivity index (χ0) is 15.6. The fourth-order valence-corrected chi connectivity index (χ4v) is 2.66. The van der Waals surface area contributed by atoms with Crippen LogP contribution in [0.5, 0.6) is 0 Å². The first-order valence-corrected chi connectivity index (χ1v) is 7.48. The first-order chi connectivity index (χ1) is 10.6. The Morgan fingerprint density at radius 2 is 2.23 bits per heavy atom. The van der Waals surface area contributed by atoms with E-state index in [1.165, 1.54) is 12.1 Å². The molecule has 1 N–H and O–H groups in total. The molecule has 2 atom stereocenters. The number of nitrogens with zero attached hydrogens (tertiary/aromatic N) is 1. The van der Waals surface area contributed by atoms with Crippen molar-refractivity contribution < 1.29 is 18.8 Å². The molecule has 6 heteroatoms. The van der Waals surface area contributed by atoms with E-state index in [4.69, 9.17) is 9.57 Å². The highest BCUT2D eigenvalue weighted by molar-refractivity contribution is 6.05. The van der Waals surface area contributed by atoms with Crippen LogP contribution in [0.15, 0.2) is 29.4 Å². The molecule has 3 rings (SSSR count). The molecule has 118 valence electrons. The molecule has 1 aromatic rings. The lowest BCUT2D eigenvalue weighted by molar-refractivity contribution is -0.142. The maximum absolute atomic E-state index is 13.0. The lowest BCUT2D eigenvalue weighted by Crippen LogP contribution is -2.46. The van der Waals surface area contributed by atoms with Crippen molar-refractivity contribution in [3.05, 3.63) is 35.6 Å². The summed E-state index contributed by atoms with van der Waals surface area (Å²) in [5.41, 5.74) is 0.384. The van der Waals surface area contributed by atoms with Gasteiger partial charge in [-0.3, -0.25) is 4.79 Å². The molecule has 1 amide bonds. The molecule has 0 aliphatic carbocycles. The van der Waals surface area contributed by atoms with Gasteiger partial charge < -0.3 is 14.9 Å². The molecule has 1 fully saturated rings.